The maximum absolute atomic E-state index is 11.5. The number of carbonyl (C=O) groups is 1. The Hall–Kier alpha value is -0.790. The largest absolute Gasteiger partial charge is 0.481 e. The zero-order chi connectivity index (χ0) is 12.4. The molecule has 0 heterocycles. The summed E-state index contributed by atoms with van der Waals surface area (Å²) in [5.74, 6) is 0.815. The summed E-state index contributed by atoms with van der Waals surface area (Å²) in [6.07, 6.45) is 7.09. The first-order valence-electron chi connectivity index (χ1n) is 6.86. The third-order valence-electron chi connectivity index (χ3n) is 6.23. The lowest BCUT2D eigenvalue weighted by atomic mass is 9.59. The Labute approximate surface area is 103 Å². The van der Waals surface area contributed by atoms with E-state index in [4.69, 9.17) is 0 Å². The molecule has 0 aliphatic heterocycles. The molecule has 0 amide bonds. The fraction of sp³-hybridized carbons (Fsp3) is 0.800. The Bertz CT molecular complexity index is 411. The normalized spacial score (nSPS) is 52.2. The second kappa shape index (κ2) is 3.15. The fourth-order valence-electron chi connectivity index (χ4n) is 4.90. The molecule has 5 atom stereocenters. The van der Waals surface area contributed by atoms with E-state index in [9.17, 15) is 9.90 Å². The summed E-state index contributed by atoms with van der Waals surface area (Å²) >= 11 is 0. The molecule has 2 saturated carbocycles. The van der Waals surface area contributed by atoms with E-state index < -0.39 is 11.4 Å². The Morgan fingerprint density at radius 1 is 1.47 bits per heavy atom. The average molecular weight is 234 g/mol. The maximum Gasteiger partial charge on any atom is 0.309 e. The fourth-order valence-corrected chi connectivity index (χ4v) is 4.90. The van der Waals surface area contributed by atoms with Crippen LogP contribution in [0.15, 0.2) is 11.6 Å². The minimum absolute atomic E-state index is 0.161. The SMILES string of the molecule is CC1CCCC2=CCC3C(C21C)C3(C)C(=O)O. The van der Waals surface area contributed by atoms with Gasteiger partial charge in [0.2, 0.25) is 0 Å². The summed E-state index contributed by atoms with van der Waals surface area (Å²) in [6.45, 7) is 6.61. The average Bonchev–Trinajstić information content (AvgIpc) is 2.90. The van der Waals surface area contributed by atoms with Gasteiger partial charge in [0.25, 0.3) is 0 Å². The summed E-state index contributed by atoms with van der Waals surface area (Å²) in [4.78, 5) is 11.5. The van der Waals surface area contributed by atoms with Gasteiger partial charge in [-0.15, -0.1) is 0 Å². The van der Waals surface area contributed by atoms with E-state index in [0.717, 1.165) is 6.42 Å². The van der Waals surface area contributed by atoms with Gasteiger partial charge in [-0.2, -0.15) is 0 Å². The topological polar surface area (TPSA) is 37.3 Å². The van der Waals surface area contributed by atoms with Gasteiger partial charge >= 0.3 is 5.97 Å². The number of aliphatic carboxylic acids is 1. The predicted molar refractivity (Wildman–Crippen MR) is 66.5 cm³/mol. The van der Waals surface area contributed by atoms with Crippen LogP contribution in [-0.2, 0) is 4.79 Å². The molecular weight excluding hydrogens is 212 g/mol. The summed E-state index contributed by atoms with van der Waals surface area (Å²) in [6, 6.07) is 0. The van der Waals surface area contributed by atoms with Gasteiger partial charge in [0, 0.05) is 0 Å². The highest BCUT2D eigenvalue weighted by Gasteiger charge is 2.74. The highest BCUT2D eigenvalue weighted by Crippen LogP contribution is 2.74. The molecule has 3 aliphatic rings. The van der Waals surface area contributed by atoms with Crippen molar-refractivity contribution in [2.75, 3.05) is 0 Å². The minimum atomic E-state index is -0.582. The third kappa shape index (κ3) is 1.14. The monoisotopic (exact) mass is 234 g/mol. The molecule has 3 aliphatic carbocycles. The van der Waals surface area contributed by atoms with Crippen molar-refractivity contribution in [2.45, 2.75) is 46.5 Å². The van der Waals surface area contributed by atoms with Crippen LogP contribution in [0.1, 0.15) is 46.5 Å². The van der Waals surface area contributed by atoms with Crippen molar-refractivity contribution in [3.05, 3.63) is 11.6 Å². The van der Waals surface area contributed by atoms with Crippen molar-refractivity contribution in [2.24, 2.45) is 28.6 Å². The first kappa shape index (κ1) is 11.3. The molecule has 0 radical (unpaired) electrons. The zero-order valence-corrected chi connectivity index (χ0v) is 11.0. The molecule has 0 spiro atoms. The van der Waals surface area contributed by atoms with Gasteiger partial charge in [0.05, 0.1) is 5.41 Å². The number of carboxylic acid groups (broad SMARTS) is 1. The van der Waals surface area contributed by atoms with Crippen LogP contribution < -0.4 is 0 Å². The van der Waals surface area contributed by atoms with E-state index in [0.29, 0.717) is 17.8 Å². The number of hydrogen-bond acceptors (Lipinski definition) is 1. The molecule has 2 heteroatoms. The van der Waals surface area contributed by atoms with E-state index in [-0.39, 0.29) is 5.41 Å². The molecule has 17 heavy (non-hydrogen) atoms. The van der Waals surface area contributed by atoms with Crippen molar-refractivity contribution < 1.29 is 9.90 Å². The number of carboxylic acids is 1. The molecule has 2 fully saturated rings. The molecule has 0 aromatic carbocycles. The van der Waals surface area contributed by atoms with E-state index in [1.165, 1.54) is 19.3 Å². The molecular formula is C15H22O2. The van der Waals surface area contributed by atoms with Crippen LogP contribution in [0.4, 0.5) is 0 Å². The molecule has 0 aromatic rings. The van der Waals surface area contributed by atoms with E-state index in [2.05, 4.69) is 19.9 Å². The Morgan fingerprint density at radius 3 is 2.82 bits per heavy atom. The highest BCUT2D eigenvalue weighted by molar-refractivity contribution is 5.80. The Balaban J connectivity index is 2.02. The van der Waals surface area contributed by atoms with Crippen molar-refractivity contribution >= 4 is 5.97 Å². The summed E-state index contributed by atoms with van der Waals surface area (Å²) in [5.41, 5.74) is 1.26. The molecule has 0 aromatic heterocycles. The summed E-state index contributed by atoms with van der Waals surface area (Å²) < 4.78 is 0. The quantitative estimate of drug-likeness (QED) is 0.705. The van der Waals surface area contributed by atoms with Crippen molar-refractivity contribution in [3.63, 3.8) is 0 Å². The van der Waals surface area contributed by atoms with E-state index in [1.807, 2.05) is 6.92 Å². The molecule has 0 bridgehead atoms. The Kier molecular flexibility index (Phi) is 2.10. The smallest absolute Gasteiger partial charge is 0.309 e. The molecule has 3 rings (SSSR count). The molecule has 1 N–H and O–H groups in total. The number of hydrogen-bond donors (Lipinski definition) is 1. The standard InChI is InChI=1S/C15H22O2/c1-9-5-4-6-10-7-8-11-12(14(9,10)2)15(11,3)13(16)17/h7,9,11-12H,4-6,8H2,1-3H3,(H,16,17). The molecule has 5 unspecified atom stereocenters. The van der Waals surface area contributed by atoms with Crippen molar-refractivity contribution in [1.82, 2.24) is 0 Å². The zero-order valence-electron chi connectivity index (χ0n) is 11.0. The van der Waals surface area contributed by atoms with Crippen LogP contribution in [0.5, 0.6) is 0 Å². The maximum atomic E-state index is 11.5. The van der Waals surface area contributed by atoms with Gasteiger partial charge in [0.1, 0.15) is 0 Å². The van der Waals surface area contributed by atoms with Crippen molar-refractivity contribution in [1.29, 1.82) is 0 Å². The van der Waals surface area contributed by atoms with Crippen LogP contribution >= 0.6 is 0 Å². The van der Waals surface area contributed by atoms with Gasteiger partial charge in [-0.3, -0.25) is 4.79 Å². The summed E-state index contributed by atoms with van der Waals surface area (Å²) in [7, 11) is 0. The number of allylic oxidation sites excluding steroid dienone is 2. The number of fused-ring (bicyclic) bond motifs is 3. The number of rotatable bonds is 1. The van der Waals surface area contributed by atoms with Gasteiger partial charge in [0.15, 0.2) is 0 Å². The van der Waals surface area contributed by atoms with Gasteiger partial charge < -0.3 is 5.11 Å². The van der Waals surface area contributed by atoms with Gasteiger partial charge in [-0.25, -0.2) is 0 Å². The van der Waals surface area contributed by atoms with Crippen molar-refractivity contribution in [3.8, 4) is 0 Å². The van der Waals surface area contributed by atoms with E-state index in [1.54, 1.807) is 5.57 Å². The lowest BCUT2D eigenvalue weighted by Gasteiger charge is -2.45. The second-order valence-corrected chi connectivity index (χ2v) is 6.71. The van der Waals surface area contributed by atoms with Gasteiger partial charge in [-0.1, -0.05) is 25.5 Å². The lowest BCUT2D eigenvalue weighted by Crippen LogP contribution is -2.37. The molecule has 94 valence electrons. The van der Waals surface area contributed by atoms with Gasteiger partial charge in [-0.05, 0) is 55.8 Å². The summed E-state index contributed by atoms with van der Waals surface area (Å²) in [5, 5.41) is 9.51. The molecule has 2 nitrogen and oxygen atoms in total. The van der Waals surface area contributed by atoms with Crippen LogP contribution in [0.3, 0.4) is 0 Å². The van der Waals surface area contributed by atoms with Crippen LogP contribution in [0, 0.1) is 28.6 Å². The minimum Gasteiger partial charge on any atom is -0.481 e. The van der Waals surface area contributed by atoms with E-state index >= 15 is 0 Å². The lowest BCUT2D eigenvalue weighted by molar-refractivity contribution is -0.144. The molecule has 0 saturated heterocycles. The first-order valence-corrected chi connectivity index (χ1v) is 6.86. The van der Waals surface area contributed by atoms with Crippen LogP contribution in [0.2, 0.25) is 0 Å². The Morgan fingerprint density at radius 2 is 2.18 bits per heavy atom. The first-order chi connectivity index (χ1) is 7.93. The van der Waals surface area contributed by atoms with Crippen LogP contribution in [-0.4, -0.2) is 11.1 Å². The van der Waals surface area contributed by atoms with Crippen LogP contribution in [0.25, 0.3) is 0 Å². The third-order valence-corrected chi connectivity index (χ3v) is 6.23. The predicted octanol–water partition coefficient (Wildman–Crippen LogP) is 3.48. The highest BCUT2D eigenvalue weighted by atomic mass is 16.4. The second-order valence-electron chi connectivity index (χ2n) is 6.71.